The Morgan fingerprint density at radius 3 is 2.71 bits per heavy atom. The largest absolute Gasteiger partial charge is 0.373 e. The molecule has 0 spiro atoms. The van der Waals surface area contributed by atoms with Crippen LogP contribution in [0.1, 0.15) is 6.42 Å². The van der Waals surface area contributed by atoms with Crippen molar-refractivity contribution in [3.8, 4) is 0 Å². The van der Waals surface area contributed by atoms with E-state index in [4.69, 9.17) is 0 Å². The second-order valence-electron chi connectivity index (χ2n) is 4.34. The van der Waals surface area contributed by atoms with Gasteiger partial charge in [-0.25, -0.2) is 0 Å². The highest BCUT2D eigenvalue weighted by atomic mass is 16.2. The predicted octanol–water partition coefficient (Wildman–Crippen LogP) is 1.08. The lowest BCUT2D eigenvalue weighted by atomic mass is 10.2. The molecule has 17 heavy (non-hydrogen) atoms. The number of fused-ring (bicyclic) bond motifs is 1. The van der Waals surface area contributed by atoms with Crippen LogP contribution in [0.5, 0.6) is 0 Å². The second-order valence-corrected chi connectivity index (χ2v) is 4.34. The molecule has 2 rings (SSSR count). The molecule has 1 aromatic rings. The Kier molecular flexibility index (Phi) is 3.64. The number of amides is 1. The van der Waals surface area contributed by atoms with Gasteiger partial charge in [-0.05, 0) is 25.6 Å². The molecule has 0 atom stereocenters. The zero-order valence-electron chi connectivity index (χ0n) is 10.4. The molecule has 0 fully saturated rings. The Bertz CT molecular complexity index is 405. The van der Waals surface area contributed by atoms with Crippen LogP contribution in [0.4, 0.5) is 11.4 Å². The number of carbonyl (C=O) groups excluding carboxylic acids is 1. The summed E-state index contributed by atoms with van der Waals surface area (Å²) < 4.78 is 0. The van der Waals surface area contributed by atoms with Crippen molar-refractivity contribution in [1.29, 1.82) is 0 Å². The fraction of sp³-hybridized carbons (Fsp3) is 0.462. The molecule has 0 bridgehead atoms. The molecular weight excluding hydrogens is 214 g/mol. The third-order valence-electron chi connectivity index (χ3n) is 3.09. The van der Waals surface area contributed by atoms with Crippen molar-refractivity contribution in [3.63, 3.8) is 0 Å². The highest BCUT2D eigenvalue weighted by Gasteiger charge is 2.22. The Morgan fingerprint density at radius 2 is 2.00 bits per heavy atom. The normalized spacial score (nSPS) is 15.4. The molecule has 0 aliphatic carbocycles. The number of para-hydroxylation sites is 2. The first-order valence-corrected chi connectivity index (χ1v) is 5.99. The first-order valence-electron chi connectivity index (χ1n) is 5.99. The number of anilines is 2. The number of carbonyl (C=O) groups is 1. The Labute approximate surface area is 102 Å². The molecule has 0 saturated heterocycles. The summed E-state index contributed by atoms with van der Waals surface area (Å²) in [5, 5.41) is 2.92. The number of nitrogens with one attached hydrogen (secondary N) is 1. The highest BCUT2D eigenvalue weighted by Crippen LogP contribution is 2.30. The molecule has 92 valence electrons. The third-order valence-corrected chi connectivity index (χ3v) is 3.09. The van der Waals surface area contributed by atoms with E-state index in [2.05, 4.69) is 23.3 Å². The number of likely N-dealkylation sites (N-methyl/N-ethyl adjacent to an activating group) is 1. The van der Waals surface area contributed by atoms with Crippen LogP contribution in [-0.2, 0) is 4.79 Å². The van der Waals surface area contributed by atoms with Crippen LogP contribution in [0.2, 0.25) is 0 Å². The van der Waals surface area contributed by atoms with Crippen molar-refractivity contribution in [3.05, 3.63) is 24.3 Å². The van der Waals surface area contributed by atoms with E-state index >= 15 is 0 Å². The average Bonchev–Trinajstić information content (AvgIpc) is 2.50. The van der Waals surface area contributed by atoms with E-state index in [0.717, 1.165) is 30.9 Å². The van der Waals surface area contributed by atoms with Gasteiger partial charge in [-0.3, -0.25) is 4.79 Å². The molecule has 0 radical (unpaired) electrons. The van der Waals surface area contributed by atoms with Gasteiger partial charge in [-0.2, -0.15) is 0 Å². The summed E-state index contributed by atoms with van der Waals surface area (Å²) in [5.74, 6) is 0.134. The monoisotopic (exact) mass is 233 g/mol. The van der Waals surface area contributed by atoms with E-state index < -0.39 is 0 Å². The van der Waals surface area contributed by atoms with Crippen LogP contribution < -0.4 is 15.1 Å². The third kappa shape index (κ3) is 2.42. The van der Waals surface area contributed by atoms with Crippen molar-refractivity contribution in [2.45, 2.75) is 6.42 Å². The fourth-order valence-electron chi connectivity index (χ4n) is 2.23. The van der Waals surface area contributed by atoms with Crippen molar-refractivity contribution < 1.29 is 4.79 Å². The fourth-order valence-corrected chi connectivity index (χ4v) is 2.23. The van der Waals surface area contributed by atoms with E-state index in [1.54, 1.807) is 7.05 Å². The quantitative estimate of drug-likeness (QED) is 0.830. The lowest BCUT2D eigenvalue weighted by molar-refractivity contribution is -0.117. The molecule has 0 unspecified atom stereocenters. The van der Waals surface area contributed by atoms with E-state index in [-0.39, 0.29) is 5.91 Å². The number of rotatable bonds is 2. The van der Waals surface area contributed by atoms with Crippen LogP contribution in [0.25, 0.3) is 0 Å². The summed E-state index contributed by atoms with van der Waals surface area (Å²) in [6.07, 6.45) is 1.00. The minimum atomic E-state index is 0.134. The van der Waals surface area contributed by atoms with Gasteiger partial charge in [-0.15, -0.1) is 0 Å². The topological polar surface area (TPSA) is 35.6 Å². The van der Waals surface area contributed by atoms with Crippen molar-refractivity contribution >= 4 is 17.3 Å². The first kappa shape index (κ1) is 11.9. The van der Waals surface area contributed by atoms with Gasteiger partial charge in [0.1, 0.15) is 0 Å². The van der Waals surface area contributed by atoms with Crippen LogP contribution in [0.15, 0.2) is 24.3 Å². The predicted molar refractivity (Wildman–Crippen MR) is 70.6 cm³/mol. The smallest absolute Gasteiger partial charge is 0.240 e. The summed E-state index contributed by atoms with van der Waals surface area (Å²) in [6, 6.07) is 8.09. The average molecular weight is 233 g/mol. The SMILES string of the molecule is CNCC(=O)N1CCCN(C)c2ccccc21. The number of benzene rings is 1. The van der Waals surface area contributed by atoms with Crippen LogP contribution in [-0.4, -0.2) is 39.6 Å². The van der Waals surface area contributed by atoms with Crippen molar-refractivity contribution in [1.82, 2.24) is 5.32 Å². The molecule has 0 aromatic heterocycles. The van der Waals surface area contributed by atoms with Crippen LogP contribution in [0.3, 0.4) is 0 Å². The molecule has 1 aromatic carbocycles. The zero-order chi connectivity index (χ0) is 12.3. The van der Waals surface area contributed by atoms with Gasteiger partial charge >= 0.3 is 0 Å². The van der Waals surface area contributed by atoms with E-state index in [1.807, 2.05) is 23.1 Å². The second kappa shape index (κ2) is 5.19. The molecule has 1 N–H and O–H groups in total. The Balaban J connectivity index is 2.35. The summed E-state index contributed by atoms with van der Waals surface area (Å²) >= 11 is 0. The molecule has 1 aliphatic rings. The van der Waals surface area contributed by atoms with E-state index in [0.29, 0.717) is 6.54 Å². The minimum absolute atomic E-state index is 0.134. The number of hydrogen-bond acceptors (Lipinski definition) is 3. The lowest BCUT2D eigenvalue weighted by Crippen LogP contribution is -2.37. The van der Waals surface area contributed by atoms with Crippen molar-refractivity contribution in [2.24, 2.45) is 0 Å². The maximum absolute atomic E-state index is 12.1. The molecule has 1 amide bonds. The van der Waals surface area contributed by atoms with Crippen LogP contribution >= 0.6 is 0 Å². The van der Waals surface area contributed by atoms with Gasteiger partial charge in [0.2, 0.25) is 5.91 Å². The first-order chi connectivity index (χ1) is 8.24. The lowest BCUT2D eigenvalue weighted by Gasteiger charge is -2.24. The summed E-state index contributed by atoms with van der Waals surface area (Å²) in [4.78, 5) is 16.2. The number of hydrogen-bond donors (Lipinski definition) is 1. The van der Waals surface area contributed by atoms with Gasteiger partial charge in [0, 0.05) is 20.1 Å². The van der Waals surface area contributed by atoms with Crippen LogP contribution in [0, 0.1) is 0 Å². The van der Waals surface area contributed by atoms with Gasteiger partial charge in [0.05, 0.1) is 17.9 Å². The van der Waals surface area contributed by atoms with Gasteiger partial charge in [0.25, 0.3) is 0 Å². The highest BCUT2D eigenvalue weighted by molar-refractivity contribution is 5.98. The van der Waals surface area contributed by atoms with Gasteiger partial charge < -0.3 is 15.1 Å². The Morgan fingerprint density at radius 1 is 1.29 bits per heavy atom. The summed E-state index contributed by atoms with van der Waals surface area (Å²) in [6.45, 7) is 2.17. The maximum atomic E-state index is 12.1. The van der Waals surface area contributed by atoms with Gasteiger partial charge in [0.15, 0.2) is 0 Å². The van der Waals surface area contributed by atoms with Crippen molar-refractivity contribution in [2.75, 3.05) is 43.5 Å². The summed E-state index contributed by atoms with van der Waals surface area (Å²) in [5.41, 5.74) is 2.15. The molecule has 1 aliphatic heterocycles. The zero-order valence-corrected chi connectivity index (χ0v) is 10.4. The van der Waals surface area contributed by atoms with E-state index in [1.165, 1.54) is 0 Å². The molecule has 4 nitrogen and oxygen atoms in total. The standard InChI is InChI=1S/C13H19N3O/c1-14-10-13(17)16-9-5-8-15(2)11-6-3-4-7-12(11)16/h3-4,6-7,14H,5,8-10H2,1-2H3. The molecule has 4 heteroatoms. The van der Waals surface area contributed by atoms with E-state index in [9.17, 15) is 4.79 Å². The Hall–Kier alpha value is -1.55. The molecule has 0 saturated carbocycles. The minimum Gasteiger partial charge on any atom is -0.373 e. The molecular formula is C13H19N3O. The molecule has 1 heterocycles. The van der Waals surface area contributed by atoms with Gasteiger partial charge in [-0.1, -0.05) is 12.1 Å². The summed E-state index contributed by atoms with van der Waals surface area (Å²) in [7, 11) is 3.87. The maximum Gasteiger partial charge on any atom is 0.240 e. The number of nitrogens with zero attached hydrogens (tertiary/aromatic N) is 2.